The van der Waals surface area contributed by atoms with Crippen LogP contribution in [0.4, 0.5) is 14.9 Å². The number of nitrogens with one attached hydrogen (secondary N) is 3. The van der Waals surface area contributed by atoms with E-state index in [4.69, 9.17) is 4.74 Å². The Hall–Kier alpha value is -4.99. The number of allylic oxidation sites excluding steroid dienone is 1. The van der Waals surface area contributed by atoms with Crippen LogP contribution in [-0.4, -0.2) is 102 Å². The van der Waals surface area contributed by atoms with Gasteiger partial charge in [0.25, 0.3) is 11.8 Å². The molecule has 3 aliphatic heterocycles. The Balaban J connectivity index is 1.16. The third kappa shape index (κ3) is 7.84. The fourth-order valence-corrected chi connectivity index (χ4v) is 9.19. The van der Waals surface area contributed by atoms with E-state index in [1.54, 1.807) is 57.4 Å². The van der Waals surface area contributed by atoms with Crippen LogP contribution in [-0.2, 0) is 42.2 Å². The molecule has 3 fully saturated rings. The van der Waals surface area contributed by atoms with Crippen LogP contribution in [0.2, 0.25) is 0 Å². The number of rotatable bonds is 7. The number of sulfonamides is 1. The highest BCUT2D eigenvalue weighted by Crippen LogP contribution is 2.47. The first-order valence-electron chi connectivity index (χ1n) is 19.3. The summed E-state index contributed by atoms with van der Waals surface area (Å²) < 4.78 is 47.9. The lowest BCUT2D eigenvalue weighted by atomic mass is 10.0. The van der Waals surface area contributed by atoms with Crippen molar-refractivity contribution in [2.75, 3.05) is 26.0 Å². The number of carbonyl (C=O) groups is 5. The van der Waals surface area contributed by atoms with E-state index < -0.39 is 74.0 Å². The Kier molecular flexibility index (Phi) is 10.6. The maximum absolute atomic E-state index is 14.7. The normalized spacial score (nSPS) is 27.1. The van der Waals surface area contributed by atoms with Gasteiger partial charge in [-0.3, -0.25) is 28.8 Å². The molecule has 300 valence electrons. The highest BCUT2D eigenvalue weighted by Gasteiger charge is 2.63. The molecule has 0 aromatic heterocycles. The van der Waals surface area contributed by atoms with E-state index in [1.807, 2.05) is 12.2 Å². The van der Waals surface area contributed by atoms with Crippen molar-refractivity contribution in [2.24, 2.45) is 5.92 Å². The SMILES string of the molecule is CN(C)C(=O)c1cccc(N[C@H]2CCCCCC=C[C@@H]3C[C@@]3(C(=O)NS(=O)(=O)C3(C)CC3)NC(=O)[C@@H]3C[C@@H](OC(=O)N4Cc5cccc(F)c5C4)CN3C2=O)c1. The molecule has 0 bridgehead atoms. The minimum atomic E-state index is -4.02. The summed E-state index contributed by atoms with van der Waals surface area (Å²) in [7, 11) is -0.724. The van der Waals surface area contributed by atoms with Crippen LogP contribution in [0.1, 0.15) is 86.2 Å². The van der Waals surface area contributed by atoms with Crippen LogP contribution in [0.5, 0.6) is 0 Å². The van der Waals surface area contributed by atoms with Gasteiger partial charge in [-0.2, -0.15) is 0 Å². The Morgan fingerprint density at radius 1 is 1.04 bits per heavy atom. The monoisotopic (exact) mass is 792 g/mol. The molecule has 56 heavy (non-hydrogen) atoms. The number of carbonyl (C=O) groups excluding carboxylic acids is 5. The second-order valence-corrected chi connectivity index (χ2v) is 18.4. The van der Waals surface area contributed by atoms with Crippen molar-refractivity contribution in [1.29, 1.82) is 0 Å². The zero-order valence-electron chi connectivity index (χ0n) is 31.9. The molecule has 3 N–H and O–H groups in total. The molecule has 5 aliphatic rings. The Morgan fingerprint density at radius 2 is 1.80 bits per heavy atom. The molecule has 14 nitrogen and oxygen atoms in total. The number of amides is 5. The van der Waals surface area contributed by atoms with Gasteiger partial charge in [-0.15, -0.1) is 0 Å². The zero-order chi connectivity index (χ0) is 40.0. The van der Waals surface area contributed by atoms with E-state index in [1.165, 1.54) is 20.8 Å². The number of ether oxygens (including phenoxy) is 1. The minimum Gasteiger partial charge on any atom is -0.444 e. The van der Waals surface area contributed by atoms with E-state index in [9.17, 15) is 36.8 Å². The van der Waals surface area contributed by atoms with Crippen LogP contribution in [0, 0.1) is 11.7 Å². The maximum atomic E-state index is 14.7. The average Bonchev–Trinajstić information content (AvgIpc) is 3.95. The Labute approximate surface area is 326 Å². The average molecular weight is 793 g/mol. The van der Waals surface area contributed by atoms with Crippen molar-refractivity contribution in [3.8, 4) is 0 Å². The number of nitrogens with zero attached hydrogens (tertiary/aromatic N) is 3. The number of benzene rings is 2. The summed E-state index contributed by atoms with van der Waals surface area (Å²) in [6.07, 6.45) is 6.38. The van der Waals surface area contributed by atoms with E-state index in [2.05, 4.69) is 15.4 Å². The summed E-state index contributed by atoms with van der Waals surface area (Å²) in [6.45, 7) is 1.59. The number of halogens is 1. The zero-order valence-corrected chi connectivity index (χ0v) is 32.7. The van der Waals surface area contributed by atoms with Gasteiger partial charge in [0.15, 0.2) is 0 Å². The molecule has 7 rings (SSSR count). The van der Waals surface area contributed by atoms with Gasteiger partial charge in [-0.05, 0) is 75.3 Å². The summed E-state index contributed by atoms with van der Waals surface area (Å²) in [5.74, 6) is -3.05. The molecule has 0 radical (unpaired) electrons. The summed E-state index contributed by atoms with van der Waals surface area (Å²) in [6, 6.07) is 9.43. The van der Waals surface area contributed by atoms with Gasteiger partial charge in [0.05, 0.1) is 17.8 Å². The molecule has 2 saturated carbocycles. The first-order valence-corrected chi connectivity index (χ1v) is 20.8. The fourth-order valence-electron chi connectivity index (χ4n) is 7.87. The van der Waals surface area contributed by atoms with Gasteiger partial charge < -0.3 is 25.2 Å². The summed E-state index contributed by atoms with van der Waals surface area (Å²) in [4.78, 5) is 73.3. The van der Waals surface area contributed by atoms with Crippen molar-refractivity contribution >= 4 is 45.4 Å². The van der Waals surface area contributed by atoms with Gasteiger partial charge in [-0.25, -0.2) is 17.6 Å². The van der Waals surface area contributed by atoms with E-state index in [-0.39, 0.29) is 38.4 Å². The third-order valence-electron chi connectivity index (χ3n) is 11.8. The van der Waals surface area contributed by atoms with Gasteiger partial charge in [0.1, 0.15) is 29.5 Å². The number of hydrogen-bond acceptors (Lipinski definition) is 9. The summed E-state index contributed by atoms with van der Waals surface area (Å²) in [5, 5.41) is 6.15. The molecule has 5 amide bonds. The van der Waals surface area contributed by atoms with E-state index in [0.29, 0.717) is 54.5 Å². The molecule has 0 unspecified atom stereocenters. The number of fused-ring (bicyclic) bond motifs is 3. The van der Waals surface area contributed by atoms with Gasteiger partial charge >= 0.3 is 6.09 Å². The highest BCUT2D eigenvalue weighted by atomic mass is 32.2. The lowest BCUT2D eigenvalue weighted by Crippen LogP contribution is -2.58. The smallest absolute Gasteiger partial charge is 0.410 e. The molecular formula is C40H49FN6O8S. The first kappa shape index (κ1) is 39.3. The molecule has 2 aromatic rings. The predicted octanol–water partition coefficient (Wildman–Crippen LogP) is 3.82. The largest absolute Gasteiger partial charge is 0.444 e. The topological polar surface area (TPSA) is 175 Å². The minimum absolute atomic E-state index is 0.00991. The van der Waals surface area contributed by atoms with Gasteiger partial charge in [0.2, 0.25) is 21.8 Å². The second-order valence-electron chi connectivity index (χ2n) is 16.2. The van der Waals surface area contributed by atoms with E-state index >= 15 is 0 Å². The number of anilines is 1. The predicted molar refractivity (Wildman–Crippen MR) is 204 cm³/mol. The molecule has 16 heteroatoms. The Bertz CT molecular complexity index is 2070. The first-order chi connectivity index (χ1) is 26.6. The number of hydrogen-bond donors (Lipinski definition) is 3. The molecule has 5 atom stereocenters. The molecule has 2 aromatic carbocycles. The van der Waals surface area contributed by atoms with Crippen LogP contribution in [0.25, 0.3) is 0 Å². The lowest BCUT2D eigenvalue weighted by molar-refractivity contribution is -0.140. The van der Waals surface area contributed by atoms with E-state index in [0.717, 1.165) is 12.8 Å². The van der Waals surface area contributed by atoms with Crippen molar-refractivity contribution in [3.63, 3.8) is 0 Å². The quantitative estimate of drug-likeness (QED) is 0.353. The van der Waals surface area contributed by atoms with Gasteiger partial charge in [-0.1, -0.05) is 43.2 Å². The van der Waals surface area contributed by atoms with Crippen LogP contribution >= 0.6 is 0 Å². The standard InChI is InChI=1S/C40H49FN6O8S/c1-39(17-18-39)56(53,54)44-37(51)40-21-27(40)13-7-5-4-6-8-16-32(42-28-14-9-11-25(19-28)35(49)45(2)3)36(50)47-23-29(20-33(47)34(48)43-40)55-38(52)46-22-26-12-10-15-31(41)30(26)24-46/h7,9-15,19,27,29,32-33,42H,4-6,8,16-18,20-24H2,1-3H3,(H,43,48)(H,44,51)/t27-,29-,32+,33+,40-/m1/s1. The molecule has 0 spiro atoms. The van der Waals surface area contributed by atoms with Crippen molar-refractivity contribution < 1.29 is 41.5 Å². The molecule has 2 aliphatic carbocycles. The molecule has 1 saturated heterocycles. The maximum Gasteiger partial charge on any atom is 0.410 e. The van der Waals surface area contributed by atoms with Crippen LogP contribution in [0.15, 0.2) is 54.6 Å². The molecule has 3 heterocycles. The summed E-state index contributed by atoms with van der Waals surface area (Å²) >= 11 is 0. The third-order valence-corrected chi connectivity index (χ3v) is 13.9. The summed E-state index contributed by atoms with van der Waals surface area (Å²) in [5.41, 5.74) is 0.458. The van der Waals surface area contributed by atoms with Gasteiger partial charge in [0, 0.05) is 49.8 Å². The molecular weight excluding hydrogens is 744 g/mol. The fraction of sp³-hybridized carbons (Fsp3) is 0.525. The second kappa shape index (κ2) is 15.2. The van der Waals surface area contributed by atoms with Crippen LogP contribution in [0.3, 0.4) is 0 Å². The van der Waals surface area contributed by atoms with Crippen molar-refractivity contribution in [2.45, 2.75) is 106 Å². The highest BCUT2D eigenvalue weighted by molar-refractivity contribution is 7.91. The lowest BCUT2D eigenvalue weighted by Gasteiger charge is -2.30. The van der Waals surface area contributed by atoms with Crippen molar-refractivity contribution in [1.82, 2.24) is 24.7 Å². The Morgan fingerprint density at radius 3 is 2.54 bits per heavy atom. The van der Waals surface area contributed by atoms with Crippen LogP contribution < -0.4 is 15.4 Å². The van der Waals surface area contributed by atoms with Crippen molar-refractivity contribution in [3.05, 3.63) is 77.1 Å².